The molecule has 0 radical (unpaired) electrons. The first-order valence-electron chi connectivity index (χ1n) is 4.31. The Balaban J connectivity index is 2.10. The first-order valence-corrected chi connectivity index (χ1v) is 4.31. The molecule has 72 valence electrons. The lowest BCUT2D eigenvalue weighted by Gasteiger charge is -2.13. The van der Waals surface area contributed by atoms with Crippen LogP contribution in [0, 0.1) is 0 Å². The molecule has 0 bridgehead atoms. The Morgan fingerprint density at radius 2 is 1.92 bits per heavy atom. The van der Waals surface area contributed by atoms with E-state index in [1.165, 1.54) is 0 Å². The summed E-state index contributed by atoms with van der Waals surface area (Å²) in [4.78, 5) is 2.05. The maximum absolute atomic E-state index is 9.20. The van der Waals surface area contributed by atoms with Crippen molar-refractivity contribution in [1.82, 2.24) is 4.90 Å². The number of aliphatic hydroxyl groups is 2. The van der Waals surface area contributed by atoms with E-state index in [4.69, 9.17) is 4.74 Å². The predicted octanol–water partition coefficient (Wildman–Crippen LogP) is -0.940. The minimum atomic E-state index is -0.562. The molecule has 0 spiro atoms. The van der Waals surface area contributed by atoms with Gasteiger partial charge in [-0.1, -0.05) is 0 Å². The van der Waals surface area contributed by atoms with Crippen molar-refractivity contribution in [2.75, 3.05) is 33.4 Å². The van der Waals surface area contributed by atoms with E-state index in [1.54, 1.807) is 7.11 Å². The zero-order valence-corrected chi connectivity index (χ0v) is 7.44. The number of likely N-dealkylation sites (tertiary alicyclic amines) is 1. The third kappa shape index (κ3) is 2.71. The summed E-state index contributed by atoms with van der Waals surface area (Å²) in [6.07, 6.45) is -0.171. The second-order valence-corrected chi connectivity index (χ2v) is 3.24. The monoisotopic (exact) mass is 175 g/mol. The summed E-state index contributed by atoms with van der Waals surface area (Å²) in [5, 5.41) is 18.4. The van der Waals surface area contributed by atoms with Gasteiger partial charge in [-0.2, -0.15) is 0 Å². The summed E-state index contributed by atoms with van der Waals surface area (Å²) in [7, 11) is 1.67. The van der Waals surface area contributed by atoms with Crippen LogP contribution < -0.4 is 0 Å². The minimum absolute atomic E-state index is 0.562. The van der Waals surface area contributed by atoms with Crippen LogP contribution in [0.5, 0.6) is 0 Å². The number of aliphatic hydroxyl groups excluding tert-OH is 2. The second kappa shape index (κ2) is 4.77. The highest BCUT2D eigenvalue weighted by atomic mass is 16.5. The van der Waals surface area contributed by atoms with Gasteiger partial charge in [0.15, 0.2) is 0 Å². The quantitative estimate of drug-likeness (QED) is 0.541. The molecular weight excluding hydrogens is 158 g/mol. The van der Waals surface area contributed by atoms with E-state index in [-0.39, 0.29) is 0 Å². The lowest BCUT2D eigenvalue weighted by Crippen LogP contribution is -2.24. The molecule has 1 fully saturated rings. The minimum Gasteiger partial charge on any atom is -0.389 e. The van der Waals surface area contributed by atoms with Crippen LogP contribution in [0.2, 0.25) is 0 Å². The van der Waals surface area contributed by atoms with Gasteiger partial charge in [0.1, 0.15) is 0 Å². The smallest absolute Gasteiger partial charge is 0.0938 e. The van der Waals surface area contributed by atoms with Gasteiger partial charge in [0.25, 0.3) is 0 Å². The van der Waals surface area contributed by atoms with Crippen molar-refractivity contribution in [2.24, 2.45) is 0 Å². The lowest BCUT2D eigenvalue weighted by molar-refractivity contribution is 0.0572. The highest BCUT2D eigenvalue weighted by molar-refractivity contribution is 4.82. The third-order valence-electron chi connectivity index (χ3n) is 2.16. The molecule has 1 aliphatic rings. The summed E-state index contributed by atoms with van der Waals surface area (Å²) in [5.41, 5.74) is 0. The van der Waals surface area contributed by atoms with Gasteiger partial charge in [0, 0.05) is 33.4 Å². The Morgan fingerprint density at radius 3 is 2.42 bits per heavy atom. The number of rotatable bonds is 4. The van der Waals surface area contributed by atoms with Crippen molar-refractivity contribution < 1.29 is 14.9 Å². The van der Waals surface area contributed by atoms with E-state index < -0.39 is 12.2 Å². The number of hydrogen-bond acceptors (Lipinski definition) is 4. The number of β-amino-alcohol motifs (C(OH)–C–C–N with tert-alkyl or cyclic N) is 2. The van der Waals surface area contributed by atoms with Crippen molar-refractivity contribution in [1.29, 1.82) is 0 Å². The summed E-state index contributed by atoms with van der Waals surface area (Å²) in [6, 6.07) is 0. The molecule has 0 amide bonds. The van der Waals surface area contributed by atoms with Gasteiger partial charge in [0.2, 0.25) is 0 Å². The third-order valence-corrected chi connectivity index (χ3v) is 2.16. The van der Waals surface area contributed by atoms with E-state index in [1.807, 2.05) is 4.90 Å². The van der Waals surface area contributed by atoms with Crippen molar-refractivity contribution >= 4 is 0 Å². The van der Waals surface area contributed by atoms with Gasteiger partial charge in [-0.25, -0.2) is 0 Å². The van der Waals surface area contributed by atoms with Crippen LogP contribution in [0.1, 0.15) is 6.42 Å². The average Bonchev–Trinajstić information content (AvgIpc) is 2.32. The molecule has 1 rings (SSSR count). The highest BCUT2D eigenvalue weighted by Crippen LogP contribution is 2.09. The van der Waals surface area contributed by atoms with Crippen molar-refractivity contribution in [2.45, 2.75) is 18.6 Å². The Kier molecular flexibility index (Phi) is 3.94. The molecule has 0 aromatic carbocycles. The van der Waals surface area contributed by atoms with E-state index in [0.29, 0.717) is 13.1 Å². The summed E-state index contributed by atoms with van der Waals surface area (Å²) < 4.78 is 4.90. The summed E-state index contributed by atoms with van der Waals surface area (Å²) in [5.74, 6) is 0. The zero-order chi connectivity index (χ0) is 8.97. The van der Waals surface area contributed by atoms with Crippen LogP contribution in [0.3, 0.4) is 0 Å². The van der Waals surface area contributed by atoms with Gasteiger partial charge in [0.05, 0.1) is 12.2 Å². The fourth-order valence-corrected chi connectivity index (χ4v) is 1.46. The Hall–Kier alpha value is -0.160. The lowest BCUT2D eigenvalue weighted by atomic mass is 10.3. The first kappa shape index (κ1) is 9.92. The molecule has 0 aromatic rings. The van der Waals surface area contributed by atoms with Crippen LogP contribution in [-0.4, -0.2) is 60.7 Å². The fraction of sp³-hybridized carbons (Fsp3) is 1.00. The van der Waals surface area contributed by atoms with Crippen LogP contribution in [0.25, 0.3) is 0 Å². The average molecular weight is 175 g/mol. The van der Waals surface area contributed by atoms with E-state index in [9.17, 15) is 10.2 Å². The number of hydrogen-bond donors (Lipinski definition) is 2. The van der Waals surface area contributed by atoms with Crippen molar-refractivity contribution in [3.05, 3.63) is 0 Å². The predicted molar refractivity (Wildman–Crippen MR) is 44.9 cm³/mol. The van der Waals surface area contributed by atoms with Crippen molar-refractivity contribution in [3.8, 4) is 0 Å². The molecule has 4 nitrogen and oxygen atoms in total. The normalized spacial score (nSPS) is 31.2. The van der Waals surface area contributed by atoms with Crippen LogP contribution in [0.15, 0.2) is 0 Å². The van der Waals surface area contributed by atoms with Gasteiger partial charge < -0.3 is 14.9 Å². The summed E-state index contributed by atoms with van der Waals surface area (Å²) in [6.45, 7) is 2.81. The zero-order valence-electron chi connectivity index (χ0n) is 7.44. The van der Waals surface area contributed by atoms with Gasteiger partial charge in [-0.3, -0.25) is 4.90 Å². The molecular formula is C8H17NO3. The van der Waals surface area contributed by atoms with Crippen LogP contribution in [0.4, 0.5) is 0 Å². The maximum atomic E-state index is 9.20. The second-order valence-electron chi connectivity index (χ2n) is 3.24. The molecule has 2 N–H and O–H groups in total. The van der Waals surface area contributed by atoms with Gasteiger partial charge in [-0.15, -0.1) is 0 Å². The molecule has 1 aliphatic heterocycles. The van der Waals surface area contributed by atoms with Gasteiger partial charge in [-0.05, 0) is 6.42 Å². The molecule has 4 heteroatoms. The largest absolute Gasteiger partial charge is 0.389 e. The van der Waals surface area contributed by atoms with E-state index in [2.05, 4.69) is 0 Å². The number of nitrogens with zero attached hydrogens (tertiary/aromatic N) is 1. The molecule has 0 saturated carbocycles. The Bertz CT molecular complexity index is 121. The number of methoxy groups -OCH3 is 1. The maximum Gasteiger partial charge on any atom is 0.0938 e. The van der Waals surface area contributed by atoms with E-state index >= 15 is 0 Å². The molecule has 12 heavy (non-hydrogen) atoms. The number of ether oxygens (including phenoxy) is 1. The highest BCUT2D eigenvalue weighted by Gasteiger charge is 2.28. The topological polar surface area (TPSA) is 52.9 Å². The fourth-order valence-electron chi connectivity index (χ4n) is 1.46. The van der Waals surface area contributed by atoms with Gasteiger partial charge >= 0.3 is 0 Å². The SMILES string of the molecule is COCCCN1CC(O)C(O)C1. The molecule has 1 saturated heterocycles. The molecule has 1 heterocycles. The standard InChI is InChI=1S/C8H17NO3/c1-12-4-2-3-9-5-7(10)8(11)6-9/h7-8,10-11H,2-6H2,1H3. The molecule has 2 atom stereocenters. The van der Waals surface area contributed by atoms with Crippen LogP contribution >= 0.6 is 0 Å². The Labute approximate surface area is 72.7 Å². The first-order chi connectivity index (χ1) is 5.74. The van der Waals surface area contributed by atoms with Crippen molar-refractivity contribution in [3.63, 3.8) is 0 Å². The van der Waals surface area contributed by atoms with E-state index in [0.717, 1.165) is 19.6 Å². The molecule has 0 aromatic heterocycles. The summed E-state index contributed by atoms with van der Waals surface area (Å²) >= 11 is 0. The van der Waals surface area contributed by atoms with Crippen LogP contribution in [-0.2, 0) is 4.74 Å². The molecule has 2 unspecified atom stereocenters. The molecule has 0 aliphatic carbocycles. The Morgan fingerprint density at radius 1 is 1.33 bits per heavy atom.